The molecule has 0 aliphatic rings. The highest BCUT2D eigenvalue weighted by Gasteiger charge is 2.03. The van der Waals surface area contributed by atoms with E-state index >= 15 is 0 Å². The fourth-order valence-electron chi connectivity index (χ4n) is 1.24. The Labute approximate surface area is 111 Å². The number of ether oxygens (including phenoxy) is 1. The van der Waals surface area contributed by atoms with Crippen LogP contribution in [0.25, 0.3) is 0 Å². The minimum Gasteiger partial charge on any atom is -0.463 e. The highest BCUT2D eigenvalue weighted by Crippen LogP contribution is 2.19. The van der Waals surface area contributed by atoms with Crippen LogP contribution < -0.4 is 5.32 Å². The molecular weight excluding hydrogens is 254 g/mol. The van der Waals surface area contributed by atoms with E-state index in [4.69, 9.17) is 11.6 Å². The van der Waals surface area contributed by atoms with Crippen molar-refractivity contribution in [3.05, 3.63) is 40.9 Å². The highest BCUT2D eigenvalue weighted by atomic mass is 35.5. The van der Waals surface area contributed by atoms with Crippen LogP contribution in [0.15, 0.2) is 30.4 Å². The van der Waals surface area contributed by atoms with Crippen molar-refractivity contribution in [1.82, 2.24) is 0 Å². The van der Waals surface area contributed by atoms with Gasteiger partial charge in [0, 0.05) is 22.9 Å². The summed E-state index contributed by atoms with van der Waals surface area (Å²) in [6.07, 6.45) is 2.21. The first-order valence-electron chi connectivity index (χ1n) is 5.45. The minimum absolute atomic E-state index is 0.276. The second kappa shape index (κ2) is 6.81. The molecule has 0 spiro atoms. The van der Waals surface area contributed by atoms with Gasteiger partial charge in [-0.1, -0.05) is 17.7 Å². The van der Waals surface area contributed by atoms with E-state index < -0.39 is 11.9 Å². The van der Waals surface area contributed by atoms with Gasteiger partial charge in [0.2, 0.25) is 5.91 Å². The van der Waals surface area contributed by atoms with E-state index in [1.54, 1.807) is 25.1 Å². The summed E-state index contributed by atoms with van der Waals surface area (Å²) in [6, 6.07) is 5.18. The Bertz CT molecular complexity index is 483. The van der Waals surface area contributed by atoms with E-state index in [0.29, 0.717) is 10.7 Å². The summed E-state index contributed by atoms with van der Waals surface area (Å²) < 4.78 is 4.66. The molecular formula is C13H14ClNO3. The largest absolute Gasteiger partial charge is 0.463 e. The molecule has 0 heterocycles. The molecule has 0 fully saturated rings. The fraction of sp³-hybridized carbons (Fsp3) is 0.231. The van der Waals surface area contributed by atoms with E-state index in [0.717, 1.165) is 17.7 Å². The number of hydrogen-bond acceptors (Lipinski definition) is 3. The molecule has 4 nitrogen and oxygen atoms in total. The Kier molecular flexibility index (Phi) is 5.39. The van der Waals surface area contributed by atoms with Gasteiger partial charge in [-0.15, -0.1) is 0 Å². The third kappa shape index (κ3) is 4.59. The lowest BCUT2D eigenvalue weighted by atomic mass is 10.2. The van der Waals surface area contributed by atoms with Crippen molar-refractivity contribution < 1.29 is 14.3 Å². The topological polar surface area (TPSA) is 55.4 Å². The van der Waals surface area contributed by atoms with Crippen LogP contribution in [0.1, 0.15) is 12.5 Å². The quantitative estimate of drug-likeness (QED) is 0.674. The molecule has 0 aliphatic carbocycles. The predicted octanol–water partition coefficient (Wildman–Crippen LogP) is 2.71. The zero-order valence-electron chi connectivity index (χ0n) is 10.2. The fourth-order valence-corrected chi connectivity index (χ4v) is 1.41. The lowest BCUT2D eigenvalue weighted by molar-refractivity contribution is -0.137. The van der Waals surface area contributed by atoms with Crippen LogP contribution in [0.4, 0.5) is 5.69 Å². The number of anilines is 1. The maximum atomic E-state index is 11.5. The SMILES string of the molecule is CCOC(=O)C=CC(=O)Nc1cc(Cl)ccc1C. The smallest absolute Gasteiger partial charge is 0.330 e. The molecule has 0 aliphatic heterocycles. The summed E-state index contributed by atoms with van der Waals surface area (Å²) in [5.74, 6) is -0.955. The second-order valence-corrected chi connectivity index (χ2v) is 3.97. The summed E-state index contributed by atoms with van der Waals surface area (Å²) in [6.45, 7) is 3.82. The van der Waals surface area contributed by atoms with Crippen LogP contribution in [-0.2, 0) is 14.3 Å². The number of hydrogen-bond donors (Lipinski definition) is 1. The summed E-state index contributed by atoms with van der Waals surface area (Å²) in [7, 11) is 0. The van der Waals surface area contributed by atoms with Gasteiger partial charge in [-0.2, -0.15) is 0 Å². The van der Waals surface area contributed by atoms with Gasteiger partial charge >= 0.3 is 5.97 Å². The first kappa shape index (κ1) is 14.3. The average molecular weight is 268 g/mol. The van der Waals surface area contributed by atoms with Crippen molar-refractivity contribution >= 4 is 29.2 Å². The Morgan fingerprint density at radius 1 is 1.39 bits per heavy atom. The van der Waals surface area contributed by atoms with E-state index in [9.17, 15) is 9.59 Å². The molecule has 18 heavy (non-hydrogen) atoms. The van der Waals surface area contributed by atoms with Crippen LogP contribution >= 0.6 is 11.6 Å². The van der Waals surface area contributed by atoms with Crippen molar-refractivity contribution in [3.8, 4) is 0 Å². The van der Waals surface area contributed by atoms with Gasteiger partial charge < -0.3 is 10.1 Å². The van der Waals surface area contributed by atoms with E-state index in [1.165, 1.54) is 0 Å². The van der Waals surface area contributed by atoms with E-state index in [2.05, 4.69) is 10.1 Å². The number of benzene rings is 1. The molecule has 1 N–H and O–H groups in total. The Hall–Kier alpha value is -1.81. The van der Waals surface area contributed by atoms with Crippen LogP contribution in [0, 0.1) is 6.92 Å². The monoisotopic (exact) mass is 267 g/mol. The number of nitrogens with one attached hydrogen (secondary N) is 1. The first-order chi connectivity index (χ1) is 8.52. The maximum Gasteiger partial charge on any atom is 0.330 e. The lowest BCUT2D eigenvalue weighted by Gasteiger charge is -2.06. The zero-order chi connectivity index (χ0) is 13.5. The van der Waals surface area contributed by atoms with Crippen molar-refractivity contribution in [1.29, 1.82) is 0 Å². The second-order valence-electron chi connectivity index (χ2n) is 3.53. The molecule has 0 aromatic heterocycles. The number of carbonyl (C=O) groups excluding carboxylic acids is 2. The summed E-state index contributed by atoms with van der Waals surface area (Å²) >= 11 is 5.83. The number of carbonyl (C=O) groups is 2. The minimum atomic E-state index is -0.546. The lowest BCUT2D eigenvalue weighted by Crippen LogP contribution is -2.10. The summed E-state index contributed by atoms with van der Waals surface area (Å²) in [5.41, 5.74) is 1.50. The number of aryl methyl sites for hydroxylation is 1. The third-order valence-electron chi connectivity index (χ3n) is 2.11. The van der Waals surface area contributed by atoms with Gasteiger partial charge in [0.25, 0.3) is 0 Å². The first-order valence-corrected chi connectivity index (χ1v) is 5.82. The normalized spacial score (nSPS) is 10.4. The Morgan fingerprint density at radius 2 is 2.11 bits per heavy atom. The maximum absolute atomic E-state index is 11.5. The van der Waals surface area contributed by atoms with Crippen molar-refractivity contribution in [3.63, 3.8) is 0 Å². The van der Waals surface area contributed by atoms with E-state index in [-0.39, 0.29) is 6.61 Å². The molecule has 1 rings (SSSR count). The van der Waals surface area contributed by atoms with Gasteiger partial charge in [0.15, 0.2) is 0 Å². The molecule has 5 heteroatoms. The number of rotatable bonds is 4. The molecule has 0 unspecified atom stereocenters. The standard InChI is InChI=1S/C13H14ClNO3/c1-3-18-13(17)7-6-12(16)15-11-8-10(14)5-4-9(11)2/h4-8H,3H2,1-2H3,(H,15,16). The van der Waals surface area contributed by atoms with E-state index in [1.807, 2.05) is 6.92 Å². The van der Waals surface area contributed by atoms with Crippen LogP contribution in [0.5, 0.6) is 0 Å². The number of halogens is 1. The average Bonchev–Trinajstić information content (AvgIpc) is 2.32. The summed E-state index contributed by atoms with van der Waals surface area (Å²) in [4.78, 5) is 22.5. The van der Waals surface area contributed by atoms with Gasteiger partial charge in [0.1, 0.15) is 0 Å². The zero-order valence-corrected chi connectivity index (χ0v) is 11.0. The van der Waals surface area contributed by atoms with Gasteiger partial charge in [-0.25, -0.2) is 4.79 Å². The Morgan fingerprint density at radius 3 is 2.78 bits per heavy atom. The van der Waals surface area contributed by atoms with Gasteiger partial charge in [-0.05, 0) is 31.5 Å². The van der Waals surface area contributed by atoms with Crippen molar-refractivity contribution in [2.45, 2.75) is 13.8 Å². The molecule has 1 aromatic carbocycles. The molecule has 96 valence electrons. The molecule has 1 aromatic rings. The Balaban J connectivity index is 2.65. The molecule has 0 atom stereocenters. The van der Waals surface area contributed by atoms with Gasteiger partial charge in [0.05, 0.1) is 6.61 Å². The molecule has 0 saturated carbocycles. The molecule has 0 bridgehead atoms. The molecule has 0 saturated heterocycles. The highest BCUT2D eigenvalue weighted by molar-refractivity contribution is 6.31. The predicted molar refractivity (Wildman–Crippen MR) is 70.6 cm³/mol. The third-order valence-corrected chi connectivity index (χ3v) is 2.35. The number of esters is 1. The number of amides is 1. The van der Waals surface area contributed by atoms with Crippen LogP contribution in [0.2, 0.25) is 5.02 Å². The van der Waals surface area contributed by atoms with Crippen LogP contribution in [0.3, 0.4) is 0 Å². The summed E-state index contributed by atoms with van der Waals surface area (Å²) in [5, 5.41) is 3.16. The molecule has 1 amide bonds. The molecule has 0 radical (unpaired) electrons. The van der Waals surface area contributed by atoms with Gasteiger partial charge in [-0.3, -0.25) is 4.79 Å². The van der Waals surface area contributed by atoms with Crippen LogP contribution in [-0.4, -0.2) is 18.5 Å². The van der Waals surface area contributed by atoms with Crippen molar-refractivity contribution in [2.75, 3.05) is 11.9 Å². The van der Waals surface area contributed by atoms with Crippen molar-refractivity contribution in [2.24, 2.45) is 0 Å².